The van der Waals surface area contributed by atoms with Crippen LogP contribution in [0.25, 0.3) is 0 Å². The fourth-order valence-electron chi connectivity index (χ4n) is 2.80. The molecule has 3 rings (SSSR count). The molecule has 1 aromatic carbocycles. The lowest BCUT2D eigenvalue weighted by Crippen LogP contribution is -2.57. The molecule has 0 spiro atoms. The van der Waals surface area contributed by atoms with Crippen LogP contribution in [0.3, 0.4) is 0 Å². The minimum Gasteiger partial charge on any atom is -0.493 e. The van der Waals surface area contributed by atoms with Gasteiger partial charge in [0.1, 0.15) is 13.1 Å². The third kappa shape index (κ3) is 2.89. The highest BCUT2D eigenvalue weighted by molar-refractivity contribution is 6.22. The van der Waals surface area contributed by atoms with Crippen molar-refractivity contribution in [2.45, 2.75) is 6.92 Å². The molecule has 0 bridgehead atoms. The van der Waals surface area contributed by atoms with Crippen LogP contribution in [0, 0.1) is 0 Å². The highest BCUT2D eigenvalue weighted by Crippen LogP contribution is 2.39. The van der Waals surface area contributed by atoms with E-state index in [0.29, 0.717) is 22.7 Å². The molecule has 0 saturated heterocycles. The van der Waals surface area contributed by atoms with Crippen molar-refractivity contribution in [2.24, 2.45) is 5.10 Å². The van der Waals surface area contributed by atoms with Gasteiger partial charge in [-0.3, -0.25) is 19.4 Å². The van der Waals surface area contributed by atoms with E-state index in [2.05, 4.69) is 10.5 Å². The molecule has 3 amide bonds. The first-order valence-corrected chi connectivity index (χ1v) is 7.87. The molecule has 1 aromatic rings. The Hall–Kier alpha value is -3.30. The number of esters is 1. The van der Waals surface area contributed by atoms with Crippen molar-refractivity contribution in [3.63, 3.8) is 0 Å². The first-order valence-electron chi connectivity index (χ1n) is 7.87. The normalized spacial score (nSPS) is 15.6. The molecule has 0 atom stereocenters. The summed E-state index contributed by atoms with van der Waals surface area (Å²) in [5.74, 6) is 0.0919. The largest absolute Gasteiger partial charge is 0.493 e. The van der Waals surface area contributed by atoms with Gasteiger partial charge in [-0.2, -0.15) is 5.10 Å². The zero-order chi connectivity index (χ0) is 18.8. The predicted molar refractivity (Wildman–Crippen MR) is 90.3 cm³/mol. The molecule has 0 aromatic heterocycles. The number of nitrogens with one attached hydrogen (secondary N) is 1. The van der Waals surface area contributed by atoms with Gasteiger partial charge in [-0.25, -0.2) is 10.2 Å². The molecule has 2 aliphatic rings. The summed E-state index contributed by atoms with van der Waals surface area (Å²) in [7, 11) is 2.95. The van der Waals surface area contributed by atoms with Crippen molar-refractivity contribution in [3.8, 4) is 11.5 Å². The Morgan fingerprint density at radius 2 is 1.92 bits per heavy atom. The van der Waals surface area contributed by atoms with Crippen molar-refractivity contribution in [1.82, 2.24) is 10.3 Å². The first-order chi connectivity index (χ1) is 12.5. The van der Waals surface area contributed by atoms with Crippen LogP contribution in [0.5, 0.6) is 11.5 Å². The number of amidine groups is 1. The molecule has 0 unspecified atom stereocenters. The monoisotopic (exact) mass is 362 g/mol. The molecule has 0 radical (unpaired) electrons. The number of amides is 3. The summed E-state index contributed by atoms with van der Waals surface area (Å²) >= 11 is 0. The van der Waals surface area contributed by atoms with Crippen molar-refractivity contribution in [2.75, 3.05) is 38.8 Å². The van der Waals surface area contributed by atoms with Gasteiger partial charge in [-0.05, 0) is 13.0 Å². The lowest BCUT2D eigenvalue weighted by Gasteiger charge is -2.38. The lowest BCUT2D eigenvalue weighted by atomic mass is 10.1. The van der Waals surface area contributed by atoms with Crippen LogP contribution in [0.1, 0.15) is 12.5 Å². The number of ether oxygens (including phenoxy) is 3. The average molecular weight is 362 g/mol. The van der Waals surface area contributed by atoms with Gasteiger partial charge in [-0.15, -0.1) is 0 Å². The van der Waals surface area contributed by atoms with E-state index < -0.39 is 17.9 Å². The van der Waals surface area contributed by atoms with E-state index in [0.717, 1.165) is 0 Å². The standard InChI is InChI=1S/C16H18N4O6/c1-4-26-14(22)8-19-10-6-12(25-3)11(24-2)5-9(10)15-18-17-13(21)7-20(15)16(19)23/h5-6H,4,7-8H2,1-3H3,(H,17,21). The molecular formula is C16H18N4O6. The average Bonchev–Trinajstić information content (AvgIpc) is 2.64. The van der Waals surface area contributed by atoms with Gasteiger partial charge < -0.3 is 14.2 Å². The Bertz CT molecular complexity index is 806. The number of hydrogen-bond acceptors (Lipinski definition) is 7. The molecule has 0 saturated carbocycles. The third-order valence-corrected chi connectivity index (χ3v) is 3.93. The fraction of sp³-hybridized carbons (Fsp3) is 0.375. The van der Waals surface area contributed by atoms with E-state index in [4.69, 9.17) is 14.2 Å². The quantitative estimate of drug-likeness (QED) is 0.755. The SMILES string of the molecule is CCOC(=O)CN1C(=O)N2CC(=O)NN=C2c2cc(OC)c(OC)cc21. The zero-order valence-electron chi connectivity index (χ0n) is 14.6. The summed E-state index contributed by atoms with van der Waals surface area (Å²) in [5, 5.41) is 3.99. The second kappa shape index (κ2) is 6.90. The molecule has 0 fully saturated rings. The molecule has 138 valence electrons. The number of rotatable bonds is 5. The number of anilines is 1. The second-order valence-corrected chi connectivity index (χ2v) is 5.45. The lowest BCUT2D eigenvalue weighted by molar-refractivity contribution is -0.141. The van der Waals surface area contributed by atoms with Gasteiger partial charge in [0.25, 0.3) is 5.91 Å². The highest BCUT2D eigenvalue weighted by atomic mass is 16.5. The maximum Gasteiger partial charge on any atom is 0.331 e. The summed E-state index contributed by atoms with van der Waals surface area (Å²) in [6.45, 7) is 1.36. The molecule has 10 nitrogen and oxygen atoms in total. The minimum atomic E-state index is -0.566. The molecule has 26 heavy (non-hydrogen) atoms. The third-order valence-electron chi connectivity index (χ3n) is 3.93. The Labute approximate surface area is 149 Å². The Balaban J connectivity index is 2.14. The van der Waals surface area contributed by atoms with Crippen LogP contribution in [0.2, 0.25) is 0 Å². The first kappa shape index (κ1) is 17.5. The number of benzene rings is 1. The van der Waals surface area contributed by atoms with E-state index in [9.17, 15) is 14.4 Å². The summed E-state index contributed by atoms with van der Waals surface area (Å²) < 4.78 is 15.5. The highest BCUT2D eigenvalue weighted by Gasteiger charge is 2.40. The van der Waals surface area contributed by atoms with Gasteiger partial charge in [0.05, 0.1) is 26.5 Å². The molecule has 10 heteroatoms. The molecule has 1 N–H and O–H groups in total. The van der Waals surface area contributed by atoms with Gasteiger partial charge >= 0.3 is 12.0 Å². The fourth-order valence-corrected chi connectivity index (χ4v) is 2.80. The van der Waals surface area contributed by atoms with Crippen LogP contribution in [0.15, 0.2) is 17.2 Å². The number of nitrogens with zero attached hydrogens (tertiary/aromatic N) is 3. The van der Waals surface area contributed by atoms with E-state index in [1.165, 1.54) is 24.0 Å². The number of methoxy groups -OCH3 is 2. The van der Waals surface area contributed by atoms with Gasteiger partial charge in [-0.1, -0.05) is 0 Å². The van der Waals surface area contributed by atoms with E-state index in [1.807, 2.05) is 0 Å². The van der Waals surface area contributed by atoms with Gasteiger partial charge in [0.2, 0.25) is 0 Å². The Morgan fingerprint density at radius 1 is 1.23 bits per heavy atom. The Kier molecular flexibility index (Phi) is 4.65. The van der Waals surface area contributed by atoms with E-state index in [1.54, 1.807) is 19.1 Å². The smallest absolute Gasteiger partial charge is 0.331 e. The Morgan fingerprint density at radius 3 is 2.58 bits per heavy atom. The molecule has 2 aliphatic heterocycles. The van der Waals surface area contributed by atoms with Crippen LogP contribution in [0.4, 0.5) is 10.5 Å². The molecule has 0 aliphatic carbocycles. The molecular weight excluding hydrogens is 344 g/mol. The number of fused-ring (bicyclic) bond motifs is 3. The van der Waals surface area contributed by atoms with E-state index in [-0.39, 0.29) is 25.5 Å². The number of carbonyl (C=O) groups excluding carboxylic acids is 3. The number of hydrazone groups is 1. The minimum absolute atomic E-state index is 0.193. The summed E-state index contributed by atoms with van der Waals surface area (Å²) in [4.78, 5) is 38.9. The van der Waals surface area contributed by atoms with Crippen LogP contribution >= 0.6 is 0 Å². The topological polar surface area (TPSA) is 110 Å². The number of hydrogen-bond donors (Lipinski definition) is 1. The van der Waals surface area contributed by atoms with Crippen molar-refractivity contribution in [3.05, 3.63) is 17.7 Å². The predicted octanol–water partition coefficient (Wildman–Crippen LogP) is 0.300. The van der Waals surface area contributed by atoms with Gasteiger partial charge in [0, 0.05) is 11.6 Å². The maximum absolute atomic E-state index is 12.9. The van der Waals surface area contributed by atoms with E-state index >= 15 is 0 Å². The van der Waals surface area contributed by atoms with Crippen molar-refractivity contribution in [1.29, 1.82) is 0 Å². The van der Waals surface area contributed by atoms with Crippen LogP contribution in [-0.4, -0.2) is 62.6 Å². The van der Waals surface area contributed by atoms with Gasteiger partial charge in [0.15, 0.2) is 17.3 Å². The zero-order valence-corrected chi connectivity index (χ0v) is 14.6. The van der Waals surface area contributed by atoms with Crippen molar-refractivity contribution >= 4 is 29.4 Å². The summed E-state index contributed by atoms with van der Waals surface area (Å²) in [6, 6.07) is 2.68. The number of carbonyl (C=O) groups is 3. The van der Waals surface area contributed by atoms with Crippen LogP contribution in [-0.2, 0) is 14.3 Å². The maximum atomic E-state index is 12.9. The molecule has 2 heterocycles. The van der Waals surface area contributed by atoms with Crippen LogP contribution < -0.4 is 19.8 Å². The van der Waals surface area contributed by atoms with Crippen molar-refractivity contribution < 1.29 is 28.6 Å². The summed E-state index contributed by atoms with van der Waals surface area (Å²) in [6.07, 6.45) is 0. The summed E-state index contributed by atoms with van der Waals surface area (Å²) in [5.41, 5.74) is 3.29. The second-order valence-electron chi connectivity index (χ2n) is 5.45. The number of urea groups is 1.